The van der Waals surface area contributed by atoms with Crippen LogP contribution in [-0.2, 0) is 16.1 Å². The number of nitrogens with zero attached hydrogens (tertiary/aromatic N) is 1. The predicted molar refractivity (Wildman–Crippen MR) is 69.3 cm³/mol. The highest BCUT2D eigenvalue weighted by Gasteiger charge is 2.25. The van der Waals surface area contributed by atoms with Crippen molar-refractivity contribution in [3.05, 3.63) is 20.8 Å². The Morgan fingerprint density at radius 3 is 3.18 bits per heavy atom. The van der Waals surface area contributed by atoms with Gasteiger partial charge in [0.15, 0.2) is 0 Å². The molecule has 17 heavy (non-hydrogen) atoms. The summed E-state index contributed by atoms with van der Waals surface area (Å²) in [4.78, 5) is 13.0. The largest absolute Gasteiger partial charge is 0.481 e. The molecule has 2 rings (SSSR count). The van der Waals surface area contributed by atoms with Gasteiger partial charge >= 0.3 is 5.97 Å². The second-order valence-electron chi connectivity index (χ2n) is 4.06. The Morgan fingerprint density at radius 2 is 2.53 bits per heavy atom. The number of ether oxygens (including phenoxy) is 1. The van der Waals surface area contributed by atoms with Crippen molar-refractivity contribution in [1.29, 1.82) is 0 Å². The highest BCUT2D eigenvalue weighted by atomic mass is 79.9. The molecule has 4 nitrogen and oxygen atoms in total. The molecule has 0 spiro atoms. The highest BCUT2D eigenvalue weighted by molar-refractivity contribution is 9.11. The number of carboxylic acid groups (broad SMARTS) is 1. The van der Waals surface area contributed by atoms with Gasteiger partial charge in [0.25, 0.3) is 0 Å². The van der Waals surface area contributed by atoms with E-state index in [2.05, 4.69) is 32.3 Å². The van der Waals surface area contributed by atoms with Gasteiger partial charge in [0.2, 0.25) is 0 Å². The Morgan fingerprint density at radius 1 is 1.71 bits per heavy atom. The number of morpholine rings is 1. The van der Waals surface area contributed by atoms with E-state index in [1.165, 1.54) is 5.56 Å². The van der Waals surface area contributed by atoms with Crippen LogP contribution in [0, 0.1) is 0 Å². The summed E-state index contributed by atoms with van der Waals surface area (Å²) in [5.74, 6) is -0.767. The first-order valence-electron chi connectivity index (χ1n) is 5.41. The molecule has 1 atom stereocenters. The van der Waals surface area contributed by atoms with Crippen molar-refractivity contribution in [3.8, 4) is 0 Å². The van der Waals surface area contributed by atoms with Gasteiger partial charge in [0.05, 0.1) is 23.4 Å². The van der Waals surface area contributed by atoms with Crippen molar-refractivity contribution in [2.75, 3.05) is 19.8 Å². The minimum Gasteiger partial charge on any atom is -0.481 e. The molecule has 0 bridgehead atoms. The van der Waals surface area contributed by atoms with Crippen LogP contribution in [0.2, 0.25) is 0 Å². The first-order chi connectivity index (χ1) is 8.15. The summed E-state index contributed by atoms with van der Waals surface area (Å²) in [6.07, 6.45) is 0.144. The van der Waals surface area contributed by atoms with Crippen LogP contribution in [0.3, 0.4) is 0 Å². The number of aliphatic carboxylic acids is 1. The fourth-order valence-corrected chi connectivity index (χ4v) is 3.15. The second-order valence-corrected chi connectivity index (χ2v) is 6.35. The van der Waals surface area contributed by atoms with Crippen molar-refractivity contribution in [2.24, 2.45) is 0 Å². The average molecular weight is 320 g/mol. The van der Waals surface area contributed by atoms with Crippen LogP contribution in [-0.4, -0.2) is 41.8 Å². The van der Waals surface area contributed by atoms with Crippen LogP contribution in [0.5, 0.6) is 0 Å². The zero-order valence-corrected chi connectivity index (χ0v) is 11.7. The zero-order valence-electron chi connectivity index (χ0n) is 9.26. The molecule has 94 valence electrons. The molecule has 0 radical (unpaired) electrons. The standard InChI is InChI=1S/C11H14BrNO3S/c12-10-3-8(7-17-10)5-13-1-2-16-6-9(13)4-11(14)15/h3,7,9H,1-2,4-6H2,(H,14,15). The van der Waals surface area contributed by atoms with Gasteiger partial charge < -0.3 is 9.84 Å². The van der Waals surface area contributed by atoms with E-state index in [9.17, 15) is 4.79 Å². The highest BCUT2D eigenvalue weighted by Crippen LogP contribution is 2.23. The molecule has 1 N–H and O–H groups in total. The zero-order chi connectivity index (χ0) is 12.3. The third-order valence-corrected chi connectivity index (χ3v) is 4.32. The van der Waals surface area contributed by atoms with Crippen LogP contribution in [0.15, 0.2) is 15.2 Å². The van der Waals surface area contributed by atoms with Crippen LogP contribution >= 0.6 is 27.3 Å². The summed E-state index contributed by atoms with van der Waals surface area (Å²) < 4.78 is 6.45. The van der Waals surface area contributed by atoms with Crippen LogP contribution in [0.1, 0.15) is 12.0 Å². The van der Waals surface area contributed by atoms with E-state index in [-0.39, 0.29) is 12.5 Å². The van der Waals surface area contributed by atoms with Gasteiger partial charge in [-0.05, 0) is 32.9 Å². The SMILES string of the molecule is O=C(O)CC1COCCN1Cc1csc(Br)c1. The number of carboxylic acids is 1. The molecule has 1 fully saturated rings. The molecule has 1 aliphatic rings. The van der Waals surface area contributed by atoms with Gasteiger partial charge in [-0.3, -0.25) is 9.69 Å². The first-order valence-corrected chi connectivity index (χ1v) is 7.09. The van der Waals surface area contributed by atoms with E-state index in [1.54, 1.807) is 11.3 Å². The van der Waals surface area contributed by atoms with Crippen molar-refractivity contribution >= 4 is 33.2 Å². The molecular weight excluding hydrogens is 306 g/mol. The summed E-state index contributed by atoms with van der Waals surface area (Å²) in [7, 11) is 0. The lowest BCUT2D eigenvalue weighted by Gasteiger charge is -2.34. The second kappa shape index (κ2) is 5.95. The van der Waals surface area contributed by atoms with Gasteiger partial charge in [0, 0.05) is 19.1 Å². The lowest BCUT2D eigenvalue weighted by Crippen LogP contribution is -2.45. The normalized spacial score (nSPS) is 21.6. The van der Waals surface area contributed by atoms with Gasteiger partial charge in [-0.1, -0.05) is 0 Å². The Labute approximate surface area is 112 Å². The molecule has 2 heterocycles. The van der Waals surface area contributed by atoms with Crippen LogP contribution < -0.4 is 0 Å². The molecule has 1 unspecified atom stereocenters. The Hall–Kier alpha value is -0.430. The van der Waals surface area contributed by atoms with Crippen LogP contribution in [0.25, 0.3) is 0 Å². The topological polar surface area (TPSA) is 49.8 Å². The fraction of sp³-hybridized carbons (Fsp3) is 0.545. The quantitative estimate of drug-likeness (QED) is 0.924. The lowest BCUT2D eigenvalue weighted by molar-refractivity contribution is -0.140. The minimum atomic E-state index is -0.767. The molecular formula is C11H14BrNO3S. The van der Waals surface area contributed by atoms with Gasteiger partial charge in [0.1, 0.15) is 0 Å². The number of thiophene rings is 1. The molecule has 1 aromatic rings. The minimum absolute atomic E-state index is 0.0140. The lowest BCUT2D eigenvalue weighted by atomic mass is 10.1. The Balaban J connectivity index is 1.98. The molecule has 0 aromatic carbocycles. The van der Waals surface area contributed by atoms with E-state index < -0.39 is 5.97 Å². The molecule has 0 saturated carbocycles. The van der Waals surface area contributed by atoms with E-state index in [0.717, 1.165) is 16.9 Å². The summed E-state index contributed by atoms with van der Waals surface area (Å²) in [6.45, 7) is 2.79. The third-order valence-electron chi connectivity index (χ3n) is 2.77. The third kappa shape index (κ3) is 3.77. The number of carbonyl (C=O) groups is 1. The predicted octanol–water partition coefficient (Wildman–Crippen LogP) is 2.19. The van der Waals surface area contributed by atoms with E-state index in [4.69, 9.17) is 9.84 Å². The summed E-state index contributed by atoms with van der Waals surface area (Å²) in [5, 5.41) is 11.0. The summed E-state index contributed by atoms with van der Waals surface area (Å²) in [6, 6.07) is 2.07. The maximum atomic E-state index is 10.8. The maximum absolute atomic E-state index is 10.8. The van der Waals surface area contributed by atoms with Gasteiger partial charge in [-0.2, -0.15) is 0 Å². The van der Waals surface area contributed by atoms with Gasteiger partial charge in [-0.25, -0.2) is 0 Å². The summed E-state index contributed by atoms with van der Waals surface area (Å²) in [5.41, 5.74) is 1.22. The maximum Gasteiger partial charge on any atom is 0.305 e. The molecule has 1 aliphatic heterocycles. The van der Waals surface area contributed by atoms with E-state index in [0.29, 0.717) is 13.2 Å². The molecule has 0 amide bonds. The fourth-order valence-electron chi connectivity index (χ4n) is 1.95. The number of hydrogen-bond acceptors (Lipinski definition) is 4. The smallest absolute Gasteiger partial charge is 0.305 e. The Kier molecular flexibility index (Phi) is 4.55. The molecule has 0 aliphatic carbocycles. The molecule has 1 saturated heterocycles. The number of hydrogen-bond donors (Lipinski definition) is 1. The number of halogens is 1. The monoisotopic (exact) mass is 319 g/mol. The van der Waals surface area contributed by atoms with Gasteiger partial charge in [-0.15, -0.1) is 11.3 Å². The average Bonchev–Trinajstić information content (AvgIpc) is 2.66. The van der Waals surface area contributed by atoms with E-state index in [1.807, 2.05) is 0 Å². The van der Waals surface area contributed by atoms with E-state index >= 15 is 0 Å². The molecule has 6 heteroatoms. The molecule has 1 aromatic heterocycles. The van der Waals surface area contributed by atoms with Crippen molar-refractivity contribution in [2.45, 2.75) is 19.0 Å². The van der Waals surface area contributed by atoms with Crippen molar-refractivity contribution in [3.63, 3.8) is 0 Å². The Bertz CT molecular complexity index is 396. The van der Waals surface area contributed by atoms with Crippen molar-refractivity contribution < 1.29 is 14.6 Å². The summed E-state index contributed by atoms with van der Waals surface area (Å²) >= 11 is 5.08. The van der Waals surface area contributed by atoms with Crippen LogP contribution in [0.4, 0.5) is 0 Å². The van der Waals surface area contributed by atoms with Crippen molar-refractivity contribution in [1.82, 2.24) is 4.90 Å². The number of rotatable bonds is 4. The first kappa shape index (κ1) is 13.0.